The molecule has 2 atom stereocenters. The largest absolute Gasteiger partial charge is 0.382 e. The van der Waals surface area contributed by atoms with Crippen LogP contribution in [0.4, 0.5) is 0 Å². The van der Waals surface area contributed by atoms with Gasteiger partial charge in [0.1, 0.15) is 0 Å². The Balaban J connectivity index is 1.64. The van der Waals surface area contributed by atoms with Crippen molar-refractivity contribution in [3.8, 4) is 0 Å². The third-order valence-electron chi connectivity index (χ3n) is 3.52. The molecule has 2 fully saturated rings. The van der Waals surface area contributed by atoms with E-state index in [9.17, 15) is 4.79 Å². The maximum absolute atomic E-state index is 11.7. The Bertz CT molecular complexity index is 220. The second kappa shape index (κ2) is 4.94. The molecule has 0 saturated heterocycles. The molecule has 1 amide bonds. The lowest BCUT2D eigenvalue weighted by atomic mass is 10.0. The summed E-state index contributed by atoms with van der Waals surface area (Å²) >= 11 is 0. The first-order valence-electron chi connectivity index (χ1n) is 5.75. The Morgan fingerprint density at radius 3 is 2.53 bits per heavy atom. The molecule has 0 heterocycles. The smallest absolute Gasteiger partial charge is 0.247 e. The molecule has 2 aliphatic carbocycles. The molecule has 2 aliphatic rings. The van der Waals surface area contributed by atoms with Crippen molar-refractivity contribution in [2.75, 3.05) is 20.3 Å². The molecule has 1 N–H and O–H groups in total. The molecule has 2 unspecified atom stereocenters. The van der Waals surface area contributed by atoms with Crippen LogP contribution in [0.5, 0.6) is 0 Å². The van der Waals surface area contributed by atoms with Gasteiger partial charge in [0.05, 0.1) is 13.2 Å². The first-order chi connectivity index (χ1) is 7.34. The summed E-state index contributed by atoms with van der Waals surface area (Å²) in [6.45, 7) is 0.933. The minimum Gasteiger partial charge on any atom is -0.382 e. The number of methoxy groups -OCH3 is 1. The number of amides is 1. The van der Waals surface area contributed by atoms with Gasteiger partial charge in [-0.1, -0.05) is 12.8 Å². The number of hydrogen-bond acceptors (Lipinski definition) is 3. The fourth-order valence-electron chi connectivity index (χ4n) is 2.70. The summed E-state index contributed by atoms with van der Waals surface area (Å²) in [6.07, 6.45) is 5.02. The van der Waals surface area contributed by atoms with E-state index < -0.39 is 0 Å². The molecular formula is C11H19NO3. The van der Waals surface area contributed by atoms with Crippen molar-refractivity contribution < 1.29 is 14.4 Å². The number of hydrogen-bond donors (Lipinski definition) is 1. The molecule has 4 heteroatoms. The van der Waals surface area contributed by atoms with Gasteiger partial charge in [0.2, 0.25) is 5.91 Å². The number of ether oxygens (including phenoxy) is 1. The van der Waals surface area contributed by atoms with E-state index in [0.29, 0.717) is 25.0 Å². The summed E-state index contributed by atoms with van der Waals surface area (Å²) in [7, 11) is 1.61. The van der Waals surface area contributed by atoms with Crippen molar-refractivity contribution in [2.45, 2.75) is 25.7 Å². The average Bonchev–Trinajstić information content (AvgIpc) is 2.98. The van der Waals surface area contributed by atoms with Crippen molar-refractivity contribution in [1.29, 1.82) is 0 Å². The van der Waals surface area contributed by atoms with Crippen LogP contribution in [0, 0.1) is 17.8 Å². The minimum absolute atomic E-state index is 0.0722. The molecule has 0 spiro atoms. The van der Waals surface area contributed by atoms with Gasteiger partial charge in [0.15, 0.2) is 0 Å². The van der Waals surface area contributed by atoms with E-state index in [2.05, 4.69) is 5.48 Å². The Morgan fingerprint density at radius 2 is 1.93 bits per heavy atom. The van der Waals surface area contributed by atoms with Gasteiger partial charge in [-0.3, -0.25) is 9.63 Å². The van der Waals surface area contributed by atoms with Crippen LogP contribution in [-0.2, 0) is 14.4 Å². The van der Waals surface area contributed by atoms with E-state index in [4.69, 9.17) is 9.57 Å². The zero-order valence-electron chi connectivity index (χ0n) is 9.20. The fraction of sp³-hybridized carbons (Fsp3) is 0.909. The highest BCUT2D eigenvalue weighted by atomic mass is 16.7. The van der Waals surface area contributed by atoms with Gasteiger partial charge < -0.3 is 4.74 Å². The predicted molar refractivity (Wildman–Crippen MR) is 54.9 cm³/mol. The number of carbonyl (C=O) groups is 1. The van der Waals surface area contributed by atoms with Gasteiger partial charge in [0.25, 0.3) is 0 Å². The summed E-state index contributed by atoms with van der Waals surface area (Å²) in [5.74, 6) is 1.59. The van der Waals surface area contributed by atoms with Gasteiger partial charge in [-0.2, -0.15) is 0 Å². The predicted octanol–water partition coefficient (Wildman–Crippen LogP) is 1.12. The van der Waals surface area contributed by atoms with Crippen LogP contribution in [0.15, 0.2) is 0 Å². The Labute approximate surface area is 90.3 Å². The van der Waals surface area contributed by atoms with E-state index in [1.54, 1.807) is 7.11 Å². The van der Waals surface area contributed by atoms with Crippen molar-refractivity contribution in [1.82, 2.24) is 5.48 Å². The van der Waals surface area contributed by atoms with Crippen molar-refractivity contribution in [3.63, 3.8) is 0 Å². The van der Waals surface area contributed by atoms with E-state index in [-0.39, 0.29) is 11.8 Å². The number of fused-ring (bicyclic) bond motifs is 1. The lowest BCUT2D eigenvalue weighted by Gasteiger charge is -2.04. The maximum atomic E-state index is 11.7. The molecule has 0 aromatic heterocycles. The van der Waals surface area contributed by atoms with Crippen LogP contribution >= 0.6 is 0 Å². The van der Waals surface area contributed by atoms with Crippen LogP contribution in [0.3, 0.4) is 0 Å². The van der Waals surface area contributed by atoms with Crippen molar-refractivity contribution >= 4 is 5.91 Å². The quantitative estimate of drug-likeness (QED) is 0.550. The third kappa shape index (κ3) is 2.49. The molecule has 0 aliphatic heterocycles. The number of nitrogens with one attached hydrogen (secondary N) is 1. The normalized spacial score (nSPS) is 33.3. The highest BCUT2D eigenvalue weighted by Gasteiger charge is 2.54. The van der Waals surface area contributed by atoms with E-state index in [0.717, 1.165) is 0 Å². The Morgan fingerprint density at radius 1 is 1.27 bits per heavy atom. The number of rotatable bonds is 5. The lowest BCUT2D eigenvalue weighted by Crippen LogP contribution is -2.27. The van der Waals surface area contributed by atoms with Crippen LogP contribution in [-0.4, -0.2) is 26.2 Å². The SMILES string of the molecule is COCCONC(=O)C1C2CCCCC21. The summed E-state index contributed by atoms with van der Waals surface area (Å²) in [6, 6.07) is 0. The maximum Gasteiger partial charge on any atom is 0.247 e. The minimum atomic E-state index is 0.0722. The van der Waals surface area contributed by atoms with Crippen molar-refractivity contribution in [2.24, 2.45) is 17.8 Å². The lowest BCUT2D eigenvalue weighted by molar-refractivity contribution is -0.136. The molecule has 0 aromatic carbocycles. The van der Waals surface area contributed by atoms with Gasteiger partial charge in [-0.25, -0.2) is 5.48 Å². The highest BCUT2D eigenvalue weighted by Crippen LogP contribution is 2.55. The molecule has 0 radical (unpaired) electrons. The number of hydroxylamine groups is 1. The second-order valence-corrected chi connectivity index (χ2v) is 4.45. The molecule has 15 heavy (non-hydrogen) atoms. The van der Waals surface area contributed by atoms with Gasteiger partial charge in [-0.05, 0) is 24.7 Å². The summed E-state index contributed by atoms with van der Waals surface area (Å²) < 4.78 is 4.82. The first kappa shape index (κ1) is 10.9. The topological polar surface area (TPSA) is 47.6 Å². The van der Waals surface area contributed by atoms with Crippen LogP contribution in [0.1, 0.15) is 25.7 Å². The monoisotopic (exact) mass is 213 g/mol. The molecular weight excluding hydrogens is 194 g/mol. The zero-order valence-corrected chi connectivity index (χ0v) is 9.20. The Hall–Kier alpha value is -0.610. The number of carbonyl (C=O) groups excluding carboxylic acids is 1. The second-order valence-electron chi connectivity index (χ2n) is 4.45. The van der Waals surface area contributed by atoms with E-state index in [1.807, 2.05) is 0 Å². The van der Waals surface area contributed by atoms with Crippen LogP contribution in [0.25, 0.3) is 0 Å². The average molecular weight is 213 g/mol. The van der Waals surface area contributed by atoms with Gasteiger partial charge in [0, 0.05) is 13.0 Å². The molecule has 86 valence electrons. The molecule has 2 rings (SSSR count). The summed E-state index contributed by atoms with van der Waals surface area (Å²) in [4.78, 5) is 16.7. The summed E-state index contributed by atoms with van der Waals surface area (Å²) in [5, 5.41) is 0. The third-order valence-corrected chi connectivity index (χ3v) is 3.52. The molecule has 0 bridgehead atoms. The van der Waals surface area contributed by atoms with Gasteiger partial charge >= 0.3 is 0 Å². The van der Waals surface area contributed by atoms with Crippen molar-refractivity contribution in [3.05, 3.63) is 0 Å². The molecule has 2 saturated carbocycles. The standard InChI is InChI=1S/C11H19NO3/c1-14-6-7-15-12-11(13)10-8-4-2-3-5-9(8)10/h8-10H,2-7H2,1H3,(H,12,13). The fourth-order valence-corrected chi connectivity index (χ4v) is 2.70. The Kier molecular flexibility index (Phi) is 3.59. The van der Waals surface area contributed by atoms with Gasteiger partial charge in [-0.15, -0.1) is 0 Å². The van der Waals surface area contributed by atoms with Crippen LogP contribution < -0.4 is 5.48 Å². The molecule has 0 aromatic rings. The van der Waals surface area contributed by atoms with Crippen LogP contribution in [0.2, 0.25) is 0 Å². The first-order valence-corrected chi connectivity index (χ1v) is 5.75. The molecule has 4 nitrogen and oxygen atoms in total. The summed E-state index contributed by atoms with van der Waals surface area (Å²) in [5.41, 5.74) is 2.52. The van der Waals surface area contributed by atoms with E-state index in [1.165, 1.54) is 25.7 Å². The van der Waals surface area contributed by atoms with E-state index >= 15 is 0 Å². The zero-order chi connectivity index (χ0) is 10.7. The highest BCUT2D eigenvalue weighted by molar-refractivity contribution is 5.81.